The summed E-state index contributed by atoms with van der Waals surface area (Å²) in [6.07, 6.45) is 0. The molecule has 94 valence electrons. The molecule has 0 saturated heterocycles. The van der Waals surface area contributed by atoms with Crippen molar-refractivity contribution >= 4 is 14.1 Å². The summed E-state index contributed by atoms with van der Waals surface area (Å²) in [7, 11) is -1.83. The maximum atomic E-state index is 10.3. The average Bonchev–Trinajstić information content (AvgIpc) is 2.32. The quantitative estimate of drug-likeness (QED) is 0.482. The Bertz CT molecular complexity index is 336. The van der Waals surface area contributed by atoms with Gasteiger partial charge >= 0.3 is 8.25 Å². The Kier molecular flexibility index (Phi) is 9.15. The van der Waals surface area contributed by atoms with Crippen molar-refractivity contribution in [2.45, 2.75) is 13.8 Å². The van der Waals surface area contributed by atoms with E-state index in [1.807, 2.05) is 30.3 Å². The van der Waals surface area contributed by atoms with Crippen molar-refractivity contribution in [1.82, 2.24) is 0 Å². The maximum absolute atomic E-state index is 10.3. The minimum Gasteiger partial charge on any atom is -0.384 e. The summed E-state index contributed by atoms with van der Waals surface area (Å²) in [6, 6.07) is 9.23. The fraction of sp³-hybridized carbons (Fsp3) is 0.364. The zero-order valence-corrected chi connectivity index (χ0v) is 10.9. The first-order valence-corrected chi connectivity index (χ1v) is 6.33. The van der Waals surface area contributed by atoms with Crippen LogP contribution in [-0.2, 0) is 13.6 Å². The van der Waals surface area contributed by atoms with E-state index in [1.54, 1.807) is 13.8 Å². The number of hydrogen-bond donors (Lipinski definition) is 2. The molecule has 0 fully saturated rings. The third kappa shape index (κ3) is 8.51. The van der Waals surface area contributed by atoms with Crippen molar-refractivity contribution in [2.24, 2.45) is 5.73 Å². The second-order valence-electron chi connectivity index (χ2n) is 2.84. The summed E-state index contributed by atoms with van der Waals surface area (Å²) in [4.78, 5) is 0. The molecule has 0 aliphatic carbocycles. The Balaban J connectivity index is 0.000000304. The van der Waals surface area contributed by atoms with Gasteiger partial charge in [-0.05, 0) is 13.8 Å². The molecule has 5 nitrogen and oxygen atoms in total. The molecule has 0 amide bonds. The lowest BCUT2D eigenvalue weighted by Gasteiger charge is -1.93. The zero-order chi connectivity index (χ0) is 13.1. The standard InChI is InChI=1S/C7H8N2.C4H10O3P/c8-7(9)6-4-2-1-3-5-6;1-3-6-8(5)7-4-2/h1-5H,(H3,8,9);3-4H2,1-2H3/q;+1. The van der Waals surface area contributed by atoms with Gasteiger partial charge in [0, 0.05) is 10.1 Å². The first-order chi connectivity index (χ1) is 8.11. The van der Waals surface area contributed by atoms with Crippen LogP contribution in [0.3, 0.4) is 0 Å². The zero-order valence-electron chi connectivity index (χ0n) is 10.1. The number of nitrogens with two attached hydrogens (primary N) is 1. The van der Waals surface area contributed by atoms with E-state index in [0.29, 0.717) is 13.2 Å². The van der Waals surface area contributed by atoms with E-state index in [2.05, 4.69) is 9.05 Å². The van der Waals surface area contributed by atoms with Crippen molar-refractivity contribution in [3.8, 4) is 0 Å². The fourth-order valence-corrected chi connectivity index (χ4v) is 1.36. The Morgan fingerprint density at radius 3 is 2.00 bits per heavy atom. The average molecular weight is 257 g/mol. The molecule has 0 radical (unpaired) electrons. The highest BCUT2D eigenvalue weighted by atomic mass is 31.1. The van der Waals surface area contributed by atoms with Crippen molar-refractivity contribution in [3.05, 3.63) is 35.9 Å². The molecule has 0 spiro atoms. The van der Waals surface area contributed by atoms with Crippen LogP contribution in [-0.4, -0.2) is 19.0 Å². The van der Waals surface area contributed by atoms with Crippen LogP contribution in [0.2, 0.25) is 0 Å². The van der Waals surface area contributed by atoms with Gasteiger partial charge < -0.3 is 5.73 Å². The monoisotopic (exact) mass is 257 g/mol. The third-order valence-corrected chi connectivity index (χ3v) is 2.49. The van der Waals surface area contributed by atoms with Gasteiger partial charge in [-0.3, -0.25) is 5.41 Å². The molecule has 0 bridgehead atoms. The van der Waals surface area contributed by atoms with E-state index < -0.39 is 8.25 Å². The van der Waals surface area contributed by atoms with Crippen molar-refractivity contribution < 1.29 is 13.6 Å². The van der Waals surface area contributed by atoms with Gasteiger partial charge in [0.1, 0.15) is 19.0 Å². The van der Waals surface area contributed by atoms with Gasteiger partial charge in [-0.1, -0.05) is 30.3 Å². The highest BCUT2D eigenvalue weighted by Crippen LogP contribution is 2.21. The molecule has 0 saturated carbocycles. The first-order valence-electron chi connectivity index (χ1n) is 5.24. The highest BCUT2D eigenvalue weighted by Gasteiger charge is 2.15. The maximum Gasteiger partial charge on any atom is 0.697 e. The van der Waals surface area contributed by atoms with Gasteiger partial charge in [0.15, 0.2) is 0 Å². The summed E-state index contributed by atoms with van der Waals surface area (Å²) in [6.45, 7) is 4.42. The van der Waals surface area contributed by atoms with E-state index in [1.165, 1.54) is 0 Å². The molecule has 17 heavy (non-hydrogen) atoms. The molecule has 3 N–H and O–H groups in total. The van der Waals surface area contributed by atoms with Crippen molar-refractivity contribution in [1.29, 1.82) is 5.41 Å². The molecule has 1 aromatic rings. The normalized spacial score (nSPS) is 9.06. The fourth-order valence-electron chi connectivity index (χ4n) is 0.866. The van der Waals surface area contributed by atoms with Crippen molar-refractivity contribution in [3.63, 3.8) is 0 Å². The number of hydrogen-bond acceptors (Lipinski definition) is 4. The number of nitrogen functional groups attached to an aromatic ring is 1. The van der Waals surface area contributed by atoms with Gasteiger partial charge in [0.2, 0.25) is 0 Å². The molecule has 0 aliphatic heterocycles. The van der Waals surface area contributed by atoms with E-state index in [-0.39, 0.29) is 5.84 Å². The molecule has 1 rings (SSSR count). The Hall–Kier alpha value is -1.29. The van der Waals surface area contributed by atoms with Crippen LogP contribution in [0.1, 0.15) is 19.4 Å². The number of nitrogens with one attached hydrogen (secondary N) is 1. The van der Waals surface area contributed by atoms with Crippen LogP contribution in [0.5, 0.6) is 0 Å². The lowest BCUT2D eigenvalue weighted by Crippen LogP contribution is -2.10. The number of rotatable bonds is 5. The van der Waals surface area contributed by atoms with Crippen LogP contribution >= 0.6 is 8.25 Å². The van der Waals surface area contributed by atoms with Crippen molar-refractivity contribution in [2.75, 3.05) is 13.2 Å². The largest absolute Gasteiger partial charge is 0.697 e. The SMILES string of the molecule is CCO[P+](=O)OCC.N=C(N)c1ccccc1. The second kappa shape index (κ2) is 9.90. The Morgan fingerprint density at radius 1 is 1.24 bits per heavy atom. The molecule has 0 atom stereocenters. The van der Waals surface area contributed by atoms with Crippen LogP contribution in [0.25, 0.3) is 0 Å². The molecular formula is C11H18N2O3P+. The molecule has 0 aromatic heterocycles. The molecular weight excluding hydrogens is 239 g/mol. The number of amidine groups is 1. The highest BCUT2D eigenvalue weighted by molar-refractivity contribution is 7.33. The Morgan fingerprint density at radius 2 is 1.71 bits per heavy atom. The van der Waals surface area contributed by atoms with E-state index in [4.69, 9.17) is 11.1 Å². The Labute approximate surface area is 102 Å². The summed E-state index contributed by atoms with van der Waals surface area (Å²) in [5.74, 6) is 0.121. The van der Waals surface area contributed by atoms with E-state index in [9.17, 15) is 4.57 Å². The number of benzene rings is 1. The van der Waals surface area contributed by atoms with Crippen LogP contribution in [0.15, 0.2) is 30.3 Å². The summed E-state index contributed by atoms with van der Waals surface area (Å²) >= 11 is 0. The van der Waals surface area contributed by atoms with Gasteiger partial charge in [0.25, 0.3) is 0 Å². The molecule has 6 heteroatoms. The lowest BCUT2D eigenvalue weighted by molar-refractivity contribution is 0.243. The summed E-state index contributed by atoms with van der Waals surface area (Å²) < 4.78 is 19.5. The topological polar surface area (TPSA) is 85.4 Å². The van der Waals surface area contributed by atoms with Gasteiger partial charge in [-0.25, -0.2) is 0 Å². The minimum absolute atomic E-state index is 0.121. The summed E-state index contributed by atoms with van der Waals surface area (Å²) in [5.41, 5.74) is 5.97. The van der Waals surface area contributed by atoms with E-state index in [0.717, 1.165) is 5.56 Å². The van der Waals surface area contributed by atoms with E-state index >= 15 is 0 Å². The van der Waals surface area contributed by atoms with Gasteiger partial charge in [-0.2, -0.15) is 0 Å². The predicted octanol–water partition coefficient (Wildman–Crippen LogP) is 2.69. The third-order valence-electron chi connectivity index (χ3n) is 1.55. The molecule has 1 aromatic carbocycles. The summed E-state index contributed by atoms with van der Waals surface area (Å²) in [5, 5.41) is 7.01. The lowest BCUT2D eigenvalue weighted by atomic mass is 10.2. The second-order valence-corrected chi connectivity index (χ2v) is 3.80. The molecule has 0 aliphatic rings. The van der Waals surface area contributed by atoms with Crippen LogP contribution < -0.4 is 5.73 Å². The molecule has 0 unspecified atom stereocenters. The van der Waals surface area contributed by atoms with Crippen LogP contribution in [0.4, 0.5) is 0 Å². The first kappa shape index (κ1) is 15.7. The minimum atomic E-state index is -1.83. The smallest absolute Gasteiger partial charge is 0.384 e. The molecule has 0 heterocycles. The van der Waals surface area contributed by atoms with Gasteiger partial charge in [-0.15, -0.1) is 9.05 Å². The predicted molar refractivity (Wildman–Crippen MR) is 68.3 cm³/mol. The van der Waals surface area contributed by atoms with Gasteiger partial charge in [0.05, 0.1) is 0 Å². The van der Waals surface area contributed by atoms with Crippen LogP contribution in [0, 0.1) is 5.41 Å².